The minimum absolute atomic E-state index is 0.0698. The van der Waals surface area contributed by atoms with Gasteiger partial charge in [0.25, 0.3) is 0 Å². The molecule has 0 aliphatic heterocycles. The van der Waals surface area contributed by atoms with Gasteiger partial charge in [0.15, 0.2) is 0 Å². The van der Waals surface area contributed by atoms with Crippen LogP contribution in [0.15, 0.2) is 24.3 Å². The number of anilines is 1. The number of hydrogen-bond donors (Lipinski definition) is 0. The monoisotopic (exact) mass is 463 g/mol. The zero-order valence-electron chi connectivity index (χ0n) is 20.6. The van der Waals surface area contributed by atoms with Gasteiger partial charge in [-0.25, -0.2) is 0 Å². The van der Waals surface area contributed by atoms with E-state index in [1.165, 1.54) is 7.11 Å². The Balaban J connectivity index is 2.24. The second-order valence-corrected chi connectivity index (χ2v) is 8.08. The Hall–Kier alpha value is -2.57. The smallest absolute Gasteiger partial charge is 0.305 e. The molecule has 0 aliphatic carbocycles. The summed E-state index contributed by atoms with van der Waals surface area (Å²) < 4.78 is 15.4. The topological polar surface area (TPSA) is 82.1 Å². The van der Waals surface area contributed by atoms with Gasteiger partial charge in [-0.1, -0.05) is 50.7 Å². The van der Waals surface area contributed by atoms with Crippen molar-refractivity contribution >= 4 is 23.5 Å². The molecule has 0 radical (unpaired) electrons. The molecular weight excluding hydrogens is 422 g/mol. The standard InChI is InChI=1S/C26H41NO6/c1-4-32-26(30)20-15-21-33-23-17-14-13-16-22(23)27(2)24(28)18-11-9-7-5-6-8-10-12-19-25(29)31-3/h13-14,16-17H,4-12,15,18-21H2,1-3H3. The van der Waals surface area contributed by atoms with E-state index in [1.54, 1.807) is 18.9 Å². The van der Waals surface area contributed by atoms with E-state index in [2.05, 4.69) is 4.74 Å². The van der Waals surface area contributed by atoms with Crippen molar-refractivity contribution in [3.05, 3.63) is 24.3 Å². The number of ether oxygens (including phenoxy) is 3. The molecule has 0 aliphatic rings. The van der Waals surface area contributed by atoms with E-state index in [0.29, 0.717) is 44.6 Å². The van der Waals surface area contributed by atoms with Crippen molar-refractivity contribution in [1.29, 1.82) is 0 Å². The molecule has 0 bridgehead atoms. The number of unbranched alkanes of at least 4 members (excludes halogenated alkanes) is 7. The molecule has 7 nitrogen and oxygen atoms in total. The fourth-order valence-corrected chi connectivity index (χ4v) is 3.50. The van der Waals surface area contributed by atoms with Gasteiger partial charge in [-0.3, -0.25) is 14.4 Å². The fraction of sp³-hybridized carbons (Fsp3) is 0.654. The number of methoxy groups -OCH3 is 1. The first-order valence-electron chi connectivity index (χ1n) is 12.2. The lowest BCUT2D eigenvalue weighted by Crippen LogP contribution is -2.26. The number of nitrogens with zero attached hydrogens (tertiary/aromatic N) is 1. The van der Waals surface area contributed by atoms with E-state index in [9.17, 15) is 14.4 Å². The normalized spacial score (nSPS) is 10.5. The molecule has 0 atom stereocenters. The van der Waals surface area contributed by atoms with E-state index in [-0.39, 0.29) is 17.8 Å². The minimum atomic E-state index is -0.222. The highest BCUT2D eigenvalue weighted by atomic mass is 16.5. The van der Waals surface area contributed by atoms with Crippen LogP contribution in [0.1, 0.15) is 84.0 Å². The van der Waals surface area contributed by atoms with E-state index in [0.717, 1.165) is 57.1 Å². The molecule has 0 fully saturated rings. The highest BCUT2D eigenvalue weighted by Gasteiger charge is 2.15. The first kappa shape index (κ1) is 28.5. The molecule has 1 amide bonds. The SMILES string of the molecule is CCOC(=O)CCCOc1ccccc1N(C)C(=O)CCCCCCCCCCC(=O)OC. The lowest BCUT2D eigenvalue weighted by atomic mass is 10.1. The summed E-state index contributed by atoms with van der Waals surface area (Å²) in [6, 6.07) is 7.47. The molecule has 0 N–H and O–H groups in total. The summed E-state index contributed by atoms with van der Waals surface area (Å²) in [4.78, 5) is 36.8. The van der Waals surface area contributed by atoms with Crippen LogP contribution in [0.3, 0.4) is 0 Å². The predicted octanol–water partition coefficient (Wildman–Crippen LogP) is 5.45. The van der Waals surface area contributed by atoms with Gasteiger partial charge >= 0.3 is 11.9 Å². The molecule has 1 rings (SSSR count). The maximum atomic E-state index is 12.6. The average molecular weight is 464 g/mol. The molecule has 0 saturated carbocycles. The van der Waals surface area contributed by atoms with Crippen LogP contribution in [0.25, 0.3) is 0 Å². The quantitative estimate of drug-likeness (QED) is 0.213. The molecule has 0 heterocycles. The minimum Gasteiger partial charge on any atom is -0.491 e. The molecule has 0 saturated heterocycles. The number of hydrogen-bond acceptors (Lipinski definition) is 6. The average Bonchev–Trinajstić information content (AvgIpc) is 2.82. The Labute approximate surface area is 198 Å². The third-order valence-electron chi connectivity index (χ3n) is 5.44. The van der Waals surface area contributed by atoms with Crippen LogP contribution in [-0.2, 0) is 23.9 Å². The third-order valence-corrected chi connectivity index (χ3v) is 5.44. The molecule has 0 unspecified atom stereocenters. The number of carbonyl (C=O) groups is 3. The summed E-state index contributed by atoms with van der Waals surface area (Å²) in [6.45, 7) is 2.56. The molecule has 1 aromatic carbocycles. The van der Waals surface area contributed by atoms with Gasteiger partial charge in [0.05, 0.1) is 26.0 Å². The Morgan fingerprint density at radius 1 is 0.788 bits per heavy atom. The van der Waals surface area contributed by atoms with Crippen LogP contribution in [0.5, 0.6) is 5.75 Å². The van der Waals surface area contributed by atoms with Gasteiger partial charge < -0.3 is 19.1 Å². The number of para-hydroxylation sites is 2. The van der Waals surface area contributed by atoms with E-state index in [4.69, 9.17) is 9.47 Å². The van der Waals surface area contributed by atoms with Crippen molar-refractivity contribution in [2.24, 2.45) is 0 Å². The van der Waals surface area contributed by atoms with E-state index in [1.807, 2.05) is 24.3 Å². The van der Waals surface area contributed by atoms with Gasteiger partial charge in [0.2, 0.25) is 5.91 Å². The molecule has 7 heteroatoms. The van der Waals surface area contributed by atoms with Crippen LogP contribution in [0.4, 0.5) is 5.69 Å². The first-order chi connectivity index (χ1) is 16.0. The van der Waals surface area contributed by atoms with Crippen molar-refractivity contribution in [1.82, 2.24) is 0 Å². The van der Waals surface area contributed by atoms with Gasteiger partial charge in [-0.15, -0.1) is 0 Å². The van der Waals surface area contributed by atoms with Crippen molar-refractivity contribution in [2.45, 2.75) is 84.0 Å². The number of carbonyl (C=O) groups excluding carboxylic acids is 3. The van der Waals surface area contributed by atoms with Crippen LogP contribution in [-0.4, -0.2) is 45.2 Å². The maximum absolute atomic E-state index is 12.6. The van der Waals surface area contributed by atoms with E-state index < -0.39 is 0 Å². The van der Waals surface area contributed by atoms with Crippen molar-refractivity contribution in [2.75, 3.05) is 32.3 Å². The zero-order chi connectivity index (χ0) is 24.3. The second-order valence-electron chi connectivity index (χ2n) is 8.08. The van der Waals surface area contributed by atoms with Crippen molar-refractivity contribution in [3.8, 4) is 5.75 Å². The summed E-state index contributed by atoms with van der Waals surface area (Å²) in [7, 11) is 3.20. The van der Waals surface area contributed by atoms with Gasteiger partial charge in [-0.2, -0.15) is 0 Å². The van der Waals surface area contributed by atoms with Gasteiger partial charge in [0.1, 0.15) is 5.75 Å². The molecule has 1 aromatic rings. The zero-order valence-corrected chi connectivity index (χ0v) is 20.6. The molecule has 0 spiro atoms. The Morgan fingerprint density at radius 2 is 1.36 bits per heavy atom. The van der Waals surface area contributed by atoms with Crippen LogP contribution < -0.4 is 9.64 Å². The van der Waals surface area contributed by atoms with Crippen molar-refractivity contribution < 1.29 is 28.6 Å². The summed E-state index contributed by atoms with van der Waals surface area (Å²) in [5.41, 5.74) is 0.741. The molecular formula is C26H41NO6. The summed E-state index contributed by atoms with van der Waals surface area (Å²) in [5.74, 6) is 0.359. The second kappa shape index (κ2) is 17.9. The fourth-order valence-electron chi connectivity index (χ4n) is 3.50. The predicted molar refractivity (Wildman–Crippen MR) is 129 cm³/mol. The van der Waals surface area contributed by atoms with Gasteiger partial charge in [-0.05, 0) is 38.3 Å². The lowest BCUT2D eigenvalue weighted by molar-refractivity contribution is -0.143. The Bertz CT molecular complexity index is 706. The summed E-state index contributed by atoms with van der Waals surface area (Å²) in [5, 5.41) is 0. The molecule has 0 aromatic heterocycles. The lowest BCUT2D eigenvalue weighted by Gasteiger charge is -2.21. The summed E-state index contributed by atoms with van der Waals surface area (Å²) >= 11 is 0. The Morgan fingerprint density at radius 3 is 2.00 bits per heavy atom. The Kier molecular flexibility index (Phi) is 15.5. The van der Waals surface area contributed by atoms with Crippen molar-refractivity contribution in [3.63, 3.8) is 0 Å². The number of rotatable bonds is 18. The first-order valence-corrected chi connectivity index (χ1v) is 12.2. The van der Waals surface area contributed by atoms with Crippen LogP contribution in [0, 0.1) is 0 Å². The largest absolute Gasteiger partial charge is 0.491 e. The molecule has 186 valence electrons. The highest BCUT2D eigenvalue weighted by molar-refractivity contribution is 5.94. The maximum Gasteiger partial charge on any atom is 0.305 e. The molecule has 33 heavy (non-hydrogen) atoms. The number of amides is 1. The number of esters is 2. The highest BCUT2D eigenvalue weighted by Crippen LogP contribution is 2.28. The summed E-state index contributed by atoms with van der Waals surface area (Å²) in [6.07, 6.45) is 10.3. The van der Waals surface area contributed by atoms with Crippen LogP contribution >= 0.6 is 0 Å². The third kappa shape index (κ3) is 12.9. The van der Waals surface area contributed by atoms with E-state index >= 15 is 0 Å². The van der Waals surface area contributed by atoms with Gasteiger partial charge in [0, 0.05) is 26.3 Å². The number of benzene rings is 1. The van der Waals surface area contributed by atoms with Crippen LogP contribution in [0.2, 0.25) is 0 Å².